The average Bonchev–Trinajstić information content (AvgIpc) is 2.96. The second-order valence-corrected chi connectivity index (χ2v) is 5.37. The van der Waals surface area contributed by atoms with E-state index < -0.39 is 7.12 Å². The lowest BCUT2D eigenvalue weighted by atomic mass is 9.78. The Kier molecular flexibility index (Phi) is 5.48. The quantitative estimate of drug-likeness (QED) is 0.603. The van der Waals surface area contributed by atoms with Gasteiger partial charge >= 0.3 is 13.1 Å². The summed E-state index contributed by atoms with van der Waals surface area (Å²) in [5, 5.41) is 26.7. The minimum Gasteiger partial charge on any atom is -0.423 e. The van der Waals surface area contributed by atoms with E-state index in [1.807, 2.05) is 19.2 Å². The number of hydrogen-bond donors (Lipinski definition) is 4. The topological polar surface area (TPSA) is 107 Å². The number of hydrogen-bond acceptors (Lipinski definition) is 6. The maximum absolute atomic E-state index is 11.6. The molecule has 0 aliphatic carbocycles. The summed E-state index contributed by atoms with van der Waals surface area (Å²) in [5.74, 6) is 0.318. The van der Waals surface area contributed by atoms with E-state index >= 15 is 0 Å². The van der Waals surface area contributed by atoms with E-state index in [1.54, 1.807) is 6.07 Å². The summed E-state index contributed by atoms with van der Waals surface area (Å²) < 4.78 is 0. The molecule has 0 bridgehead atoms. The van der Waals surface area contributed by atoms with Crippen molar-refractivity contribution in [3.8, 4) is 10.6 Å². The normalized spacial score (nSPS) is 10.4. The molecule has 0 spiro atoms. The van der Waals surface area contributed by atoms with E-state index in [1.165, 1.54) is 17.5 Å². The number of amides is 2. The van der Waals surface area contributed by atoms with Gasteiger partial charge in [-0.05, 0) is 19.4 Å². The number of nitrogens with zero attached hydrogens (tertiary/aromatic N) is 2. The molecular weight excluding hydrogens is 303 g/mol. The standard InChI is InChI=1S/C13H17BN4O3S/c1-3-8-7-22-12(17-8)9-5-11(18-13(19)15-4-2)16-6-10(9)14(20)21/h5-7,20-21H,3-4H2,1-2H3,(H2,15,16,18,19). The Bertz CT molecular complexity index is 662. The molecule has 2 heterocycles. The number of rotatable bonds is 5. The predicted octanol–water partition coefficient (Wildman–Crippen LogP) is 0.589. The number of pyridine rings is 1. The Labute approximate surface area is 132 Å². The smallest absolute Gasteiger partial charge is 0.423 e. The molecule has 22 heavy (non-hydrogen) atoms. The number of thiazole rings is 1. The van der Waals surface area contributed by atoms with Gasteiger partial charge in [-0.2, -0.15) is 0 Å². The first-order valence-electron chi connectivity index (χ1n) is 6.90. The van der Waals surface area contributed by atoms with Crippen molar-refractivity contribution in [3.05, 3.63) is 23.3 Å². The number of nitrogens with one attached hydrogen (secondary N) is 2. The van der Waals surface area contributed by atoms with E-state index in [2.05, 4.69) is 20.6 Å². The van der Waals surface area contributed by atoms with E-state index in [9.17, 15) is 14.8 Å². The Morgan fingerprint density at radius 2 is 2.18 bits per heavy atom. The first kappa shape index (κ1) is 16.4. The Morgan fingerprint density at radius 1 is 1.41 bits per heavy atom. The van der Waals surface area contributed by atoms with Gasteiger partial charge in [0, 0.05) is 29.1 Å². The molecule has 0 aliphatic heterocycles. The van der Waals surface area contributed by atoms with E-state index in [0.29, 0.717) is 22.9 Å². The SMILES string of the molecule is CCNC(=O)Nc1cc(-c2nc(CC)cs2)c(B(O)O)cn1. The number of carbonyl (C=O) groups excluding carboxylic acids is 1. The molecule has 0 aliphatic rings. The molecule has 2 amide bonds. The largest absolute Gasteiger partial charge is 0.490 e. The van der Waals surface area contributed by atoms with Crippen molar-refractivity contribution >= 4 is 35.8 Å². The molecule has 0 saturated carbocycles. The zero-order chi connectivity index (χ0) is 16.1. The molecule has 0 radical (unpaired) electrons. The highest BCUT2D eigenvalue weighted by atomic mass is 32.1. The zero-order valence-corrected chi connectivity index (χ0v) is 13.1. The van der Waals surface area contributed by atoms with Gasteiger partial charge in [-0.25, -0.2) is 14.8 Å². The van der Waals surface area contributed by atoms with Crippen molar-refractivity contribution in [1.82, 2.24) is 15.3 Å². The van der Waals surface area contributed by atoms with Crippen molar-refractivity contribution in [2.24, 2.45) is 0 Å². The molecule has 0 unspecified atom stereocenters. The van der Waals surface area contributed by atoms with Crippen molar-refractivity contribution in [3.63, 3.8) is 0 Å². The molecule has 2 aromatic heterocycles. The molecule has 0 atom stereocenters. The molecule has 7 nitrogen and oxygen atoms in total. The lowest BCUT2D eigenvalue weighted by Crippen LogP contribution is -2.33. The number of carbonyl (C=O) groups is 1. The van der Waals surface area contributed by atoms with Gasteiger partial charge in [-0.1, -0.05) is 6.92 Å². The fraction of sp³-hybridized carbons (Fsp3) is 0.308. The zero-order valence-electron chi connectivity index (χ0n) is 12.3. The molecule has 0 aromatic carbocycles. The van der Waals surface area contributed by atoms with Crippen LogP contribution in [0.1, 0.15) is 19.5 Å². The monoisotopic (exact) mass is 320 g/mol. The highest BCUT2D eigenvalue weighted by Gasteiger charge is 2.20. The van der Waals surface area contributed by atoms with Crippen LogP contribution in [0.2, 0.25) is 0 Å². The number of aryl methyl sites for hydroxylation is 1. The molecule has 116 valence electrons. The fourth-order valence-electron chi connectivity index (χ4n) is 1.84. The molecule has 4 N–H and O–H groups in total. The molecule has 0 saturated heterocycles. The predicted molar refractivity (Wildman–Crippen MR) is 87.2 cm³/mol. The third kappa shape index (κ3) is 3.82. The third-order valence-electron chi connectivity index (χ3n) is 2.94. The van der Waals surface area contributed by atoms with E-state index in [4.69, 9.17) is 0 Å². The number of urea groups is 1. The first-order valence-corrected chi connectivity index (χ1v) is 7.78. The van der Waals surface area contributed by atoms with Gasteiger partial charge in [-0.3, -0.25) is 5.32 Å². The van der Waals surface area contributed by atoms with Crippen LogP contribution in [0.4, 0.5) is 10.6 Å². The average molecular weight is 320 g/mol. The first-order chi connectivity index (χ1) is 10.5. The number of anilines is 1. The van der Waals surface area contributed by atoms with Gasteiger partial charge in [-0.15, -0.1) is 11.3 Å². The molecule has 2 rings (SSSR count). The van der Waals surface area contributed by atoms with Crippen LogP contribution in [0, 0.1) is 0 Å². The summed E-state index contributed by atoms with van der Waals surface area (Å²) in [6, 6.07) is 1.22. The van der Waals surface area contributed by atoms with Crippen molar-refractivity contribution < 1.29 is 14.8 Å². The van der Waals surface area contributed by atoms with Crippen LogP contribution in [0.5, 0.6) is 0 Å². The van der Waals surface area contributed by atoms with E-state index in [0.717, 1.165) is 12.1 Å². The van der Waals surface area contributed by atoms with E-state index in [-0.39, 0.29) is 11.5 Å². The van der Waals surface area contributed by atoms with Crippen molar-refractivity contribution in [2.75, 3.05) is 11.9 Å². The van der Waals surface area contributed by atoms with Gasteiger partial charge < -0.3 is 15.4 Å². The highest BCUT2D eigenvalue weighted by Crippen LogP contribution is 2.24. The molecule has 2 aromatic rings. The van der Waals surface area contributed by atoms with Crippen LogP contribution in [0.15, 0.2) is 17.6 Å². The lowest BCUT2D eigenvalue weighted by Gasteiger charge is -2.10. The maximum atomic E-state index is 11.6. The second-order valence-electron chi connectivity index (χ2n) is 4.51. The van der Waals surface area contributed by atoms with Gasteiger partial charge in [0.25, 0.3) is 0 Å². The Morgan fingerprint density at radius 3 is 2.77 bits per heavy atom. The van der Waals surface area contributed by atoms with Gasteiger partial charge in [0.15, 0.2) is 0 Å². The van der Waals surface area contributed by atoms with Crippen LogP contribution >= 0.6 is 11.3 Å². The Balaban J connectivity index is 2.37. The second kappa shape index (κ2) is 7.34. The summed E-state index contributed by atoms with van der Waals surface area (Å²) in [4.78, 5) is 20.0. The summed E-state index contributed by atoms with van der Waals surface area (Å²) in [6.07, 6.45) is 2.12. The van der Waals surface area contributed by atoms with Gasteiger partial charge in [0.2, 0.25) is 0 Å². The summed E-state index contributed by atoms with van der Waals surface area (Å²) >= 11 is 1.41. The lowest BCUT2D eigenvalue weighted by molar-refractivity contribution is 0.252. The van der Waals surface area contributed by atoms with Crippen LogP contribution in [0.25, 0.3) is 10.6 Å². The van der Waals surface area contributed by atoms with Gasteiger partial charge in [0.05, 0.1) is 5.69 Å². The minimum absolute atomic E-state index is 0.249. The summed E-state index contributed by atoms with van der Waals surface area (Å²) in [5.41, 5.74) is 1.72. The third-order valence-corrected chi connectivity index (χ3v) is 3.86. The number of aromatic nitrogens is 2. The fourth-order valence-corrected chi connectivity index (χ4v) is 2.78. The molecule has 0 fully saturated rings. The van der Waals surface area contributed by atoms with Crippen molar-refractivity contribution in [2.45, 2.75) is 20.3 Å². The van der Waals surface area contributed by atoms with Crippen molar-refractivity contribution in [1.29, 1.82) is 0 Å². The van der Waals surface area contributed by atoms with Crippen LogP contribution in [0.3, 0.4) is 0 Å². The minimum atomic E-state index is -1.66. The highest BCUT2D eigenvalue weighted by molar-refractivity contribution is 7.13. The maximum Gasteiger partial charge on any atom is 0.490 e. The van der Waals surface area contributed by atoms with Crippen LogP contribution in [-0.4, -0.2) is 39.7 Å². The van der Waals surface area contributed by atoms with Gasteiger partial charge in [0.1, 0.15) is 10.8 Å². The van der Waals surface area contributed by atoms with Crippen LogP contribution in [-0.2, 0) is 6.42 Å². The molecular formula is C13H17BN4O3S. The molecule has 9 heteroatoms. The Hall–Kier alpha value is -1.97. The van der Waals surface area contributed by atoms with Crippen LogP contribution < -0.4 is 16.1 Å². The summed E-state index contributed by atoms with van der Waals surface area (Å²) in [6.45, 7) is 4.30. The summed E-state index contributed by atoms with van der Waals surface area (Å²) in [7, 11) is -1.66.